The maximum Gasteiger partial charge on any atom is 0.246 e. The fraction of sp³-hybridized carbons (Fsp3) is 0.435. The molecule has 166 valence electrons. The fourth-order valence-electron chi connectivity index (χ4n) is 4.36. The molecule has 2 fully saturated rings. The Morgan fingerprint density at radius 2 is 1.52 bits per heavy atom. The number of nitrogens with zero attached hydrogens (tertiary/aromatic N) is 2. The van der Waals surface area contributed by atoms with Crippen molar-refractivity contribution >= 4 is 27.1 Å². The zero-order valence-corrected chi connectivity index (χ0v) is 18.8. The Hall–Kier alpha value is -2.74. The van der Waals surface area contributed by atoms with Gasteiger partial charge in [-0.05, 0) is 69.3 Å². The molecule has 0 N–H and O–H groups in total. The smallest absolute Gasteiger partial charge is 0.246 e. The van der Waals surface area contributed by atoms with E-state index in [2.05, 4.69) is 0 Å². The topological polar surface area (TPSA) is 76.2 Å². The molecule has 2 saturated heterocycles. The average molecular weight is 445 g/mol. The summed E-state index contributed by atoms with van der Waals surface area (Å²) in [6.45, 7) is 6.50. The van der Waals surface area contributed by atoms with E-state index in [1.165, 1.54) is 0 Å². The van der Waals surface area contributed by atoms with Crippen LogP contribution in [0, 0.1) is 0 Å². The van der Waals surface area contributed by atoms with Crippen molar-refractivity contribution in [3.63, 3.8) is 0 Å². The van der Waals surface area contributed by atoms with Crippen molar-refractivity contribution in [3.05, 3.63) is 48.5 Å². The molecule has 0 radical (unpaired) electrons. The van der Waals surface area contributed by atoms with Gasteiger partial charge in [-0.3, -0.25) is 4.79 Å². The van der Waals surface area contributed by atoms with Crippen LogP contribution in [0.3, 0.4) is 0 Å². The maximum atomic E-state index is 13.2. The number of sulfone groups is 1. The number of piperazine rings is 1. The summed E-state index contributed by atoms with van der Waals surface area (Å²) in [7, 11) is -3.26. The number of hydrogen-bond acceptors (Lipinski definition) is 6. The van der Waals surface area contributed by atoms with E-state index in [0.29, 0.717) is 12.3 Å². The fourth-order valence-corrected chi connectivity index (χ4v) is 6.31. The Bertz CT molecular complexity index is 1030. The molecule has 0 spiro atoms. The molecule has 0 aromatic heterocycles. The van der Waals surface area contributed by atoms with Gasteiger partial charge in [0.25, 0.3) is 0 Å². The second-order valence-electron chi connectivity index (χ2n) is 8.19. The van der Waals surface area contributed by atoms with E-state index in [1.807, 2.05) is 74.2 Å². The van der Waals surface area contributed by atoms with Crippen LogP contribution in [-0.2, 0) is 14.6 Å². The second kappa shape index (κ2) is 8.42. The Kier molecular flexibility index (Phi) is 5.83. The van der Waals surface area contributed by atoms with Crippen LogP contribution in [0.15, 0.2) is 48.5 Å². The van der Waals surface area contributed by atoms with Crippen LogP contribution >= 0.6 is 0 Å². The second-order valence-corrected chi connectivity index (χ2v) is 10.3. The molecular formula is C23H28N2O5S. The predicted molar refractivity (Wildman–Crippen MR) is 121 cm³/mol. The number of benzene rings is 2. The van der Waals surface area contributed by atoms with Crippen molar-refractivity contribution < 1.29 is 22.7 Å². The van der Waals surface area contributed by atoms with E-state index in [0.717, 1.165) is 17.2 Å². The predicted octanol–water partition coefficient (Wildman–Crippen LogP) is 2.89. The molecular weight excluding hydrogens is 416 g/mol. The number of amides is 1. The first kappa shape index (κ1) is 21.5. The molecule has 2 aliphatic heterocycles. The number of fused-ring (bicyclic) bond motifs is 1. The van der Waals surface area contributed by atoms with Crippen LogP contribution in [-0.4, -0.2) is 57.2 Å². The molecule has 0 aliphatic carbocycles. The highest BCUT2D eigenvalue weighted by atomic mass is 32.2. The Balaban J connectivity index is 1.63. The summed E-state index contributed by atoms with van der Waals surface area (Å²) in [4.78, 5) is 16.8. The Morgan fingerprint density at radius 1 is 0.935 bits per heavy atom. The van der Waals surface area contributed by atoms with Crippen LogP contribution in [0.25, 0.3) is 0 Å². The molecule has 2 heterocycles. The summed E-state index contributed by atoms with van der Waals surface area (Å²) in [5, 5.41) is 0. The summed E-state index contributed by atoms with van der Waals surface area (Å²) in [6, 6.07) is 14.0. The number of hydrogen-bond donors (Lipinski definition) is 0. The number of anilines is 2. The van der Waals surface area contributed by atoms with E-state index in [-0.39, 0.29) is 36.1 Å². The summed E-state index contributed by atoms with van der Waals surface area (Å²) in [5.41, 5.74) is 1.52. The number of carbonyl (C=O) groups is 1. The van der Waals surface area contributed by atoms with Gasteiger partial charge in [-0.15, -0.1) is 0 Å². The third-order valence-electron chi connectivity index (χ3n) is 5.57. The van der Waals surface area contributed by atoms with Crippen molar-refractivity contribution in [2.75, 3.05) is 34.5 Å². The normalized spacial score (nSPS) is 22.5. The van der Waals surface area contributed by atoms with Crippen molar-refractivity contribution in [2.24, 2.45) is 0 Å². The number of ether oxygens (including phenoxy) is 2. The highest BCUT2D eigenvalue weighted by Crippen LogP contribution is 2.35. The van der Waals surface area contributed by atoms with Crippen LogP contribution < -0.4 is 19.3 Å². The molecule has 1 amide bonds. The third-order valence-corrected chi connectivity index (χ3v) is 7.26. The van der Waals surface area contributed by atoms with Crippen molar-refractivity contribution in [1.82, 2.24) is 0 Å². The average Bonchev–Trinajstić information content (AvgIpc) is 3.03. The lowest BCUT2D eigenvalue weighted by atomic mass is 10.0. The van der Waals surface area contributed by atoms with Crippen LogP contribution in [0.2, 0.25) is 0 Å². The summed E-state index contributed by atoms with van der Waals surface area (Å²) >= 11 is 0. The van der Waals surface area contributed by atoms with Gasteiger partial charge in [0.2, 0.25) is 5.91 Å². The van der Waals surface area contributed by atoms with Gasteiger partial charge < -0.3 is 19.3 Å². The lowest BCUT2D eigenvalue weighted by molar-refractivity contribution is -0.118. The molecule has 0 bridgehead atoms. The molecule has 2 aromatic carbocycles. The zero-order valence-electron chi connectivity index (χ0n) is 18.0. The van der Waals surface area contributed by atoms with Gasteiger partial charge in [0.15, 0.2) is 9.84 Å². The van der Waals surface area contributed by atoms with Crippen LogP contribution in [0.1, 0.15) is 20.8 Å². The van der Waals surface area contributed by atoms with Gasteiger partial charge in [0.05, 0.1) is 42.8 Å². The SMILES string of the molecule is CCOc1ccc(N2C(=O)CN(c3ccc(OC(C)C)cc3)C3CS(=O)(=O)CC32)cc1. The highest BCUT2D eigenvalue weighted by Gasteiger charge is 2.49. The van der Waals surface area contributed by atoms with Crippen molar-refractivity contribution in [2.45, 2.75) is 39.0 Å². The van der Waals surface area contributed by atoms with Gasteiger partial charge in [-0.25, -0.2) is 8.42 Å². The van der Waals surface area contributed by atoms with Crippen molar-refractivity contribution in [3.8, 4) is 11.5 Å². The zero-order chi connectivity index (χ0) is 22.2. The molecule has 2 unspecified atom stereocenters. The number of carbonyl (C=O) groups excluding carboxylic acids is 1. The van der Waals surface area contributed by atoms with Gasteiger partial charge in [-0.1, -0.05) is 0 Å². The van der Waals surface area contributed by atoms with Gasteiger partial charge in [0, 0.05) is 11.4 Å². The minimum absolute atomic E-state index is 0.0305. The largest absolute Gasteiger partial charge is 0.494 e. The standard InChI is InChI=1S/C23H28N2O5S/c1-4-29-19-9-7-18(8-10-19)25-22-15-31(27,28)14-21(22)24(13-23(25)26)17-5-11-20(12-6-17)30-16(2)3/h5-12,16,21-22H,4,13-15H2,1-3H3. The van der Waals surface area contributed by atoms with E-state index in [9.17, 15) is 13.2 Å². The summed E-state index contributed by atoms with van der Waals surface area (Å²) < 4.78 is 36.3. The highest BCUT2D eigenvalue weighted by molar-refractivity contribution is 7.91. The first-order valence-electron chi connectivity index (χ1n) is 10.6. The van der Waals surface area contributed by atoms with E-state index in [1.54, 1.807) is 4.90 Å². The van der Waals surface area contributed by atoms with E-state index < -0.39 is 15.9 Å². The van der Waals surface area contributed by atoms with Crippen molar-refractivity contribution in [1.29, 1.82) is 0 Å². The van der Waals surface area contributed by atoms with Gasteiger partial charge in [-0.2, -0.15) is 0 Å². The molecule has 2 aliphatic rings. The minimum atomic E-state index is -3.26. The third kappa shape index (κ3) is 4.49. The molecule has 2 atom stereocenters. The molecule has 7 nitrogen and oxygen atoms in total. The van der Waals surface area contributed by atoms with Gasteiger partial charge in [0.1, 0.15) is 11.5 Å². The lowest BCUT2D eigenvalue weighted by Crippen LogP contribution is -2.62. The quantitative estimate of drug-likeness (QED) is 0.682. The molecule has 0 saturated carbocycles. The van der Waals surface area contributed by atoms with Crippen LogP contribution in [0.4, 0.5) is 11.4 Å². The summed E-state index contributed by atoms with van der Waals surface area (Å²) in [5.74, 6) is 1.33. The molecule has 2 aromatic rings. The molecule has 4 rings (SSSR count). The first-order chi connectivity index (χ1) is 14.8. The molecule has 31 heavy (non-hydrogen) atoms. The first-order valence-corrected chi connectivity index (χ1v) is 12.4. The Morgan fingerprint density at radius 3 is 2.13 bits per heavy atom. The van der Waals surface area contributed by atoms with E-state index in [4.69, 9.17) is 9.47 Å². The maximum absolute atomic E-state index is 13.2. The van der Waals surface area contributed by atoms with Crippen LogP contribution in [0.5, 0.6) is 11.5 Å². The minimum Gasteiger partial charge on any atom is -0.494 e. The van der Waals surface area contributed by atoms with E-state index >= 15 is 0 Å². The summed E-state index contributed by atoms with van der Waals surface area (Å²) in [6.07, 6.45) is 0.0643. The molecule has 8 heteroatoms. The monoisotopic (exact) mass is 444 g/mol. The van der Waals surface area contributed by atoms with Gasteiger partial charge >= 0.3 is 0 Å². The lowest BCUT2D eigenvalue weighted by Gasteiger charge is -2.44. The number of rotatable bonds is 6. The Labute approximate surface area is 183 Å².